The maximum atomic E-state index is 11.6. The Morgan fingerprint density at radius 3 is 2.69 bits per heavy atom. The highest BCUT2D eigenvalue weighted by atomic mass is 16.2. The molecule has 0 spiro atoms. The summed E-state index contributed by atoms with van der Waals surface area (Å²) in [6.07, 6.45) is 1.76. The van der Waals surface area contributed by atoms with Crippen LogP contribution in [0.25, 0.3) is 0 Å². The molecule has 2 atom stereocenters. The molecule has 76 valence electrons. The van der Waals surface area contributed by atoms with E-state index in [1.807, 2.05) is 11.8 Å². The van der Waals surface area contributed by atoms with Crippen LogP contribution in [0.15, 0.2) is 0 Å². The second-order valence-corrected chi connectivity index (χ2v) is 3.72. The number of likely N-dealkylation sites (tertiary alicyclic amines) is 1. The molecule has 0 bridgehead atoms. The van der Waals surface area contributed by atoms with E-state index < -0.39 is 0 Å². The van der Waals surface area contributed by atoms with Gasteiger partial charge in [0.15, 0.2) is 0 Å². The van der Waals surface area contributed by atoms with Crippen molar-refractivity contribution in [1.29, 1.82) is 0 Å². The fourth-order valence-corrected chi connectivity index (χ4v) is 2.13. The molecule has 1 fully saturated rings. The maximum absolute atomic E-state index is 11.6. The van der Waals surface area contributed by atoms with E-state index in [4.69, 9.17) is 0 Å². The molecule has 0 radical (unpaired) electrons. The molecule has 0 saturated carbocycles. The highest BCUT2D eigenvalue weighted by molar-refractivity contribution is 5.78. The third kappa shape index (κ3) is 2.44. The minimum atomic E-state index is 0.298. The number of rotatable bonds is 3. The molecule has 0 aromatic rings. The van der Waals surface area contributed by atoms with Crippen molar-refractivity contribution in [1.82, 2.24) is 10.2 Å². The molecule has 1 aliphatic heterocycles. The van der Waals surface area contributed by atoms with Gasteiger partial charge >= 0.3 is 0 Å². The van der Waals surface area contributed by atoms with Gasteiger partial charge in [0.2, 0.25) is 5.91 Å². The maximum Gasteiger partial charge on any atom is 0.224 e. The zero-order valence-corrected chi connectivity index (χ0v) is 8.84. The lowest BCUT2D eigenvalue weighted by atomic mass is 9.98. The van der Waals surface area contributed by atoms with Gasteiger partial charge in [0.05, 0.1) is 0 Å². The second kappa shape index (κ2) is 4.61. The van der Waals surface area contributed by atoms with Crippen LogP contribution in [-0.4, -0.2) is 36.0 Å². The molecule has 1 saturated heterocycles. The smallest absolute Gasteiger partial charge is 0.224 e. The Morgan fingerprint density at radius 2 is 2.23 bits per heavy atom. The summed E-state index contributed by atoms with van der Waals surface area (Å²) >= 11 is 0. The first-order valence-electron chi connectivity index (χ1n) is 5.21. The quantitative estimate of drug-likeness (QED) is 0.709. The zero-order valence-electron chi connectivity index (χ0n) is 8.84. The SMILES string of the molecule is CCNC1CC(=O)N(CC)C(C)C1. The minimum Gasteiger partial charge on any atom is -0.340 e. The molecule has 0 aromatic heterocycles. The van der Waals surface area contributed by atoms with Gasteiger partial charge in [-0.25, -0.2) is 0 Å². The van der Waals surface area contributed by atoms with Crippen molar-refractivity contribution in [2.45, 2.75) is 45.7 Å². The van der Waals surface area contributed by atoms with Gasteiger partial charge in [-0.3, -0.25) is 4.79 Å². The number of carbonyl (C=O) groups excluding carboxylic acids is 1. The monoisotopic (exact) mass is 184 g/mol. The molecular formula is C10H20N2O. The summed E-state index contributed by atoms with van der Waals surface area (Å²) in [4.78, 5) is 13.6. The summed E-state index contributed by atoms with van der Waals surface area (Å²) in [5, 5.41) is 3.34. The van der Waals surface area contributed by atoms with Crippen molar-refractivity contribution in [3.05, 3.63) is 0 Å². The fourth-order valence-electron chi connectivity index (χ4n) is 2.13. The number of hydrogen-bond donors (Lipinski definition) is 1. The van der Waals surface area contributed by atoms with Crippen molar-refractivity contribution in [2.24, 2.45) is 0 Å². The normalized spacial score (nSPS) is 29.5. The lowest BCUT2D eigenvalue weighted by Gasteiger charge is -2.37. The minimum absolute atomic E-state index is 0.298. The number of piperidine rings is 1. The molecule has 1 rings (SSSR count). The molecule has 1 heterocycles. The Morgan fingerprint density at radius 1 is 1.54 bits per heavy atom. The molecule has 13 heavy (non-hydrogen) atoms. The van der Waals surface area contributed by atoms with Gasteiger partial charge in [0.1, 0.15) is 0 Å². The lowest BCUT2D eigenvalue weighted by Crippen LogP contribution is -2.50. The molecule has 1 amide bonds. The molecule has 2 unspecified atom stereocenters. The van der Waals surface area contributed by atoms with E-state index in [0.29, 0.717) is 24.4 Å². The van der Waals surface area contributed by atoms with Gasteiger partial charge in [-0.1, -0.05) is 6.92 Å². The first-order valence-corrected chi connectivity index (χ1v) is 5.21. The molecular weight excluding hydrogens is 164 g/mol. The number of amides is 1. The van der Waals surface area contributed by atoms with Crippen LogP contribution in [0.3, 0.4) is 0 Å². The van der Waals surface area contributed by atoms with Crippen LogP contribution >= 0.6 is 0 Å². The summed E-state index contributed by atoms with van der Waals surface area (Å²) in [5.74, 6) is 0.298. The van der Waals surface area contributed by atoms with Crippen molar-refractivity contribution < 1.29 is 4.79 Å². The van der Waals surface area contributed by atoms with Crippen molar-refractivity contribution in [3.63, 3.8) is 0 Å². The standard InChI is InChI=1S/C10H20N2O/c1-4-11-9-6-8(3)12(5-2)10(13)7-9/h8-9,11H,4-7H2,1-3H3. The average molecular weight is 184 g/mol. The first kappa shape index (κ1) is 10.5. The van der Waals surface area contributed by atoms with Crippen LogP contribution in [0.1, 0.15) is 33.6 Å². The first-order chi connectivity index (χ1) is 6.19. The molecule has 0 aliphatic carbocycles. The summed E-state index contributed by atoms with van der Waals surface area (Å²) < 4.78 is 0. The zero-order chi connectivity index (χ0) is 9.84. The highest BCUT2D eigenvalue weighted by Crippen LogP contribution is 2.17. The van der Waals surface area contributed by atoms with Gasteiger partial charge < -0.3 is 10.2 Å². The number of carbonyl (C=O) groups is 1. The molecule has 0 aromatic carbocycles. The van der Waals surface area contributed by atoms with Crippen LogP contribution in [0, 0.1) is 0 Å². The van der Waals surface area contributed by atoms with E-state index in [9.17, 15) is 4.79 Å². The summed E-state index contributed by atoms with van der Waals surface area (Å²) in [6.45, 7) is 8.06. The van der Waals surface area contributed by atoms with Gasteiger partial charge in [-0.2, -0.15) is 0 Å². The van der Waals surface area contributed by atoms with E-state index in [0.717, 1.165) is 19.5 Å². The Kier molecular flexibility index (Phi) is 3.72. The number of hydrogen-bond acceptors (Lipinski definition) is 2. The van der Waals surface area contributed by atoms with Crippen molar-refractivity contribution >= 4 is 5.91 Å². The van der Waals surface area contributed by atoms with E-state index in [-0.39, 0.29) is 0 Å². The highest BCUT2D eigenvalue weighted by Gasteiger charge is 2.29. The van der Waals surface area contributed by atoms with Crippen LogP contribution in [0.5, 0.6) is 0 Å². The van der Waals surface area contributed by atoms with E-state index in [2.05, 4.69) is 19.2 Å². The van der Waals surface area contributed by atoms with Crippen LogP contribution in [0.4, 0.5) is 0 Å². The van der Waals surface area contributed by atoms with Crippen LogP contribution < -0.4 is 5.32 Å². The van der Waals surface area contributed by atoms with Crippen molar-refractivity contribution in [3.8, 4) is 0 Å². The Hall–Kier alpha value is -0.570. The predicted molar refractivity (Wildman–Crippen MR) is 53.5 cm³/mol. The largest absolute Gasteiger partial charge is 0.340 e. The Labute approximate surface area is 80.5 Å². The lowest BCUT2D eigenvalue weighted by molar-refractivity contribution is -0.136. The number of nitrogens with one attached hydrogen (secondary N) is 1. The van der Waals surface area contributed by atoms with Gasteiger partial charge in [-0.05, 0) is 26.8 Å². The molecule has 3 nitrogen and oxygen atoms in total. The Bertz CT molecular complexity index is 182. The summed E-state index contributed by atoms with van der Waals surface area (Å²) in [7, 11) is 0. The predicted octanol–water partition coefficient (Wildman–Crippen LogP) is 0.995. The average Bonchev–Trinajstić information content (AvgIpc) is 2.04. The number of nitrogens with zero attached hydrogens (tertiary/aromatic N) is 1. The van der Waals surface area contributed by atoms with Gasteiger partial charge in [0.25, 0.3) is 0 Å². The fraction of sp³-hybridized carbons (Fsp3) is 0.900. The van der Waals surface area contributed by atoms with E-state index in [1.54, 1.807) is 0 Å². The second-order valence-electron chi connectivity index (χ2n) is 3.72. The van der Waals surface area contributed by atoms with Crippen molar-refractivity contribution in [2.75, 3.05) is 13.1 Å². The summed E-state index contributed by atoms with van der Waals surface area (Å²) in [6, 6.07) is 0.797. The Balaban J connectivity index is 2.51. The van der Waals surface area contributed by atoms with Gasteiger partial charge in [0, 0.05) is 25.0 Å². The molecule has 1 N–H and O–H groups in total. The third-order valence-electron chi connectivity index (χ3n) is 2.73. The van der Waals surface area contributed by atoms with Crippen LogP contribution in [0.2, 0.25) is 0 Å². The topological polar surface area (TPSA) is 32.3 Å². The third-order valence-corrected chi connectivity index (χ3v) is 2.73. The molecule has 3 heteroatoms. The van der Waals surface area contributed by atoms with Gasteiger partial charge in [-0.15, -0.1) is 0 Å². The summed E-state index contributed by atoms with van der Waals surface area (Å²) in [5.41, 5.74) is 0. The van der Waals surface area contributed by atoms with Crippen LogP contribution in [-0.2, 0) is 4.79 Å². The van der Waals surface area contributed by atoms with E-state index >= 15 is 0 Å². The molecule has 1 aliphatic rings. The van der Waals surface area contributed by atoms with E-state index in [1.165, 1.54) is 0 Å².